The van der Waals surface area contributed by atoms with E-state index in [4.69, 9.17) is 0 Å². The Balaban J connectivity index is 1.92. The molecule has 8 heteroatoms. The van der Waals surface area contributed by atoms with Crippen LogP contribution in [-0.4, -0.2) is 35.4 Å². The molecule has 1 aromatic heterocycles. The second-order valence-electron chi connectivity index (χ2n) is 5.62. The first-order chi connectivity index (χ1) is 11.9. The maximum atomic E-state index is 12.8. The average Bonchev–Trinajstić information content (AvgIpc) is 3.03. The van der Waals surface area contributed by atoms with Crippen molar-refractivity contribution in [3.63, 3.8) is 0 Å². The molecule has 0 aliphatic rings. The fraction of sp³-hybridized carbons (Fsp3) is 0.235. The summed E-state index contributed by atoms with van der Waals surface area (Å²) < 4.78 is 33.6. The van der Waals surface area contributed by atoms with Gasteiger partial charge in [-0.25, -0.2) is 8.42 Å². The molecule has 0 unspecified atom stereocenters. The molecule has 0 saturated heterocycles. The van der Waals surface area contributed by atoms with Gasteiger partial charge in [0.2, 0.25) is 5.91 Å². The molecule has 0 radical (unpaired) electrons. The fourth-order valence-electron chi connectivity index (χ4n) is 2.65. The van der Waals surface area contributed by atoms with Crippen LogP contribution in [0.15, 0.2) is 47.4 Å². The van der Waals surface area contributed by atoms with Crippen LogP contribution >= 0.6 is 11.7 Å². The highest BCUT2D eigenvalue weighted by Crippen LogP contribution is 2.23. The molecule has 0 saturated carbocycles. The van der Waals surface area contributed by atoms with Crippen LogP contribution in [0.25, 0.3) is 11.0 Å². The predicted molar refractivity (Wildman–Crippen MR) is 98.7 cm³/mol. The lowest BCUT2D eigenvalue weighted by Crippen LogP contribution is -2.35. The zero-order valence-corrected chi connectivity index (χ0v) is 15.5. The van der Waals surface area contributed by atoms with Gasteiger partial charge >= 0.3 is 0 Å². The van der Waals surface area contributed by atoms with E-state index >= 15 is 0 Å². The van der Waals surface area contributed by atoms with Crippen LogP contribution in [-0.2, 0) is 14.6 Å². The molecule has 0 N–H and O–H groups in total. The van der Waals surface area contributed by atoms with Crippen molar-refractivity contribution < 1.29 is 13.2 Å². The van der Waals surface area contributed by atoms with E-state index in [0.29, 0.717) is 23.3 Å². The summed E-state index contributed by atoms with van der Waals surface area (Å²) in [6.45, 7) is 4.13. The van der Waals surface area contributed by atoms with E-state index < -0.39 is 21.5 Å². The van der Waals surface area contributed by atoms with Gasteiger partial charge in [0.15, 0.2) is 9.84 Å². The lowest BCUT2D eigenvalue weighted by Gasteiger charge is -2.21. The van der Waals surface area contributed by atoms with Gasteiger partial charge in [-0.3, -0.25) is 4.79 Å². The molecule has 0 bridgehead atoms. The molecule has 0 aliphatic heterocycles. The molecule has 0 fully saturated rings. The van der Waals surface area contributed by atoms with E-state index in [2.05, 4.69) is 8.75 Å². The summed E-state index contributed by atoms with van der Waals surface area (Å²) in [5.41, 5.74) is 2.53. The summed E-state index contributed by atoms with van der Waals surface area (Å²) in [5.74, 6) is -1.07. The Morgan fingerprint density at radius 2 is 1.92 bits per heavy atom. The molecule has 0 atom stereocenters. The number of hydrogen-bond acceptors (Lipinski definition) is 6. The van der Waals surface area contributed by atoms with E-state index in [1.807, 2.05) is 32.0 Å². The molecule has 3 rings (SSSR count). The molecule has 0 spiro atoms. The quantitative estimate of drug-likeness (QED) is 0.685. The molecule has 2 aromatic carbocycles. The van der Waals surface area contributed by atoms with Crippen LogP contribution in [0.1, 0.15) is 12.5 Å². The van der Waals surface area contributed by atoms with Crippen molar-refractivity contribution in [3.8, 4) is 0 Å². The summed E-state index contributed by atoms with van der Waals surface area (Å²) in [7, 11) is -3.82. The topological polar surface area (TPSA) is 80.2 Å². The molecular weight excluding hydrogens is 358 g/mol. The van der Waals surface area contributed by atoms with Gasteiger partial charge in [0, 0.05) is 12.2 Å². The van der Waals surface area contributed by atoms with Crippen molar-refractivity contribution in [1.29, 1.82) is 0 Å². The number of benzene rings is 2. The Hall–Kier alpha value is -2.32. The number of hydrogen-bond donors (Lipinski definition) is 0. The van der Waals surface area contributed by atoms with Crippen LogP contribution in [0, 0.1) is 6.92 Å². The molecule has 1 heterocycles. The number of nitrogens with zero attached hydrogens (tertiary/aromatic N) is 3. The Morgan fingerprint density at radius 3 is 2.64 bits per heavy atom. The summed E-state index contributed by atoms with van der Waals surface area (Å²) in [5, 5.41) is 0. The van der Waals surface area contributed by atoms with Gasteiger partial charge in [-0.1, -0.05) is 18.2 Å². The largest absolute Gasteiger partial charge is 0.312 e. The van der Waals surface area contributed by atoms with E-state index in [0.717, 1.165) is 17.3 Å². The lowest BCUT2D eigenvalue weighted by molar-refractivity contribution is -0.116. The van der Waals surface area contributed by atoms with Crippen LogP contribution in [0.2, 0.25) is 0 Å². The fourth-order valence-corrected chi connectivity index (χ4v) is 4.62. The molecule has 130 valence electrons. The van der Waals surface area contributed by atoms with Crippen molar-refractivity contribution in [1.82, 2.24) is 8.75 Å². The van der Waals surface area contributed by atoms with Gasteiger partial charge in [0.25, 0.3) is 0 Å². The third-order valence-electron chi connectivity index (χ3n) is 3.83. The highest BCUT2D eigenvalue weighted by molar-refractivity contribution is 7.92. The zero-order valence-electron chi connectivity index (χ0n) is 13.8. The van der Waals surface area contributed by atoms with Crippen molar-refractivity contribution in [2.24, 2.45) is 0 Å². The summed E-state index contributed by atoms with van der Waals surface area (Å²) >= 11 is 0.952. The highest BCUT2D eigenvalue weighted by atomic mass is 32.2. The number of fused-ring (bicyclic) bond motifs is 1. The van der Waals surface area contributed by atoms with E-state index in [9.17, 15) is 13.2 Å². The third kappa shape index (κ3) is 3.54. The molecule has 6 nitrogen and oxygen atoms in total. The van der Waals surface area contributed by atoms with Gasteiger partial charge in [-0.05, 0) is 43.7 Å². The molecule has 3 aromatic rings. The Kier molecular flexibility index (Phi) is 4.82. The Morgan fingerprint density at radius 1 is 1.16 bits per heavy atom. The van der Waals surface area contributed by atoms with Crippen LogP contribution in [0.5, 0.6) is 0 Å². The number of carbonyl (C=O) groups is 1. The van der Waals surface area contributed by atoms with Gasteiger partial charge in [0.1, 0.15) is 16.8 Å². The van der Waals surface area contributed by atoms with Gasteiger partial charge < -0.3 is 4.90 Å². The monoisotopic (exact) mass is 375 g/mol. The first-order valence-electron chi connectivity index (χ1n) is 7.73. The van der Waals surface area contributed by atoms with Gasteiger partial charge in [-0.15, -0.1) is 0 Å². The zero-order chi connectivity index (χ0) is 18.0. The van der Waals surface area contributed by atoms with E-state index in [1.165, 1.54) is 11.0 Å². The lowest BCUT2D eigenvalue weighted by atomic mass is 10.2. The van der Waals surface area contributed by atoms with E-state index in [-0.39, 0.29) is 4.90 Å². The Bertz CT molecular complexity index is 1030. The molecule has 25 heavy (non-hydrogen) atoms. The van der Waals surface area contributed by atoms with Gasteiger partial charge in [-0.2, -0.15) is 8.75 Å². The number of aromatic nitrogens is 2. The number of anilines is 1. The number of aryl methyl sites for hydroxylation is 1. The predicted octanol–water partition coefficient (Wildman–Crippen LogP) is 2.83. The molecule has 0 aliphatic carbocycles. The standard InChI is InChI=1S/C17H17N3O3S2/c1-3-20(13-7-4-6-12(2)10-13)16(21)11-25(22,23)15-9-5-8-14-17(15)19-24-18-14/h4-10H,3,11H2,1-2H3. The van der Waals surface area contributed by atoms with Crippen molar-refractivity contribution >= 4 is 44.2 Å². The minimum Gasteiger partial charge on any atom is -0.312 e. The number of rotatable bonds is 5. The maximum Gasteiger partial charge on any atom is 0.242 e. The second kappa shape index (κ2) is 6.89. The number of amides is 1. The van der Waals surface area contributed by atoms with Crippen molar-refractivity contribution in [2.75, 3.05) is 17.2 Å². The molecular formula is C17H17N3O3S2. The summed E-state index contributed by atoms with van der Waals surface area (Å²) in [4.78, 5) is 14.2. The average molecular weight is 375 g/mol. The first kappa shape index (κ1) is 17.5. The maximum absolute atomic E-state index is 12.8. The normalized spacial score (nSPS) is 11.6. The first-order valence-corrected chi connectivity index (χ1v) is 10.1. The van der Waals surface area contributed by atoms with Crippen LogP contribution < -0.4 is 4.90 Å². The summed E-state index contributed by atoms with van der Waals surface area (Å²) in [6.07, 6.45) is 0. The minimum absolute atomic E-state index is 0.0485. The molecule has 1 amide bonds. The summed E-state index contributed by atoms with van der Waals surface area (Å²) in [6, 6.07) is 12.2. The van der Waals surface area contributed by atoms with Crippen LogP contribution in [0.3, 0.4) is 0 Å². The van der Waals surface area contributed by atoms with Crippen LogP contribution in [0.4, 0.5) is 5.69 Å². The second-order valence-corrected chi connectivity index (χ2v) is 8.11. The van der Waals surface area contributed by atoms with Crippen molar-refractivity contribution in [2.45, 2.75) is 18.7 Å². The van der Waals surface area contributed by atoms with E-state index in [1.54, 1.807) is 18.2 Å². The SMILES string of the molecule is CCN(C(=O)CS(=O)(=O)c1cccc2nsnc12)c1cccc(C)c1. The number of sulfone groups is 1. The third-order valence-corrected chi connectivity index (χ3v) is 6.00. The highest BCUT2D eigenvalue weighted by Gasteiger charge is 2.26. The van der Waals surface area contributed by atoms with Crippen molar-refractivity contribution in [3.05, 3.63) is 48.0 Å². The minimum atomic E-state index is -3.82. The van der Waals surface area contributed by atoms with Gasteiger partial charge in [0.05, 0.1) is 16.6 Å². The number of carbonyl (C=O) groups excluding carboxylic acids is 1. The smallest absolute Gasteiger partial charge is 0.242 e. The Labute approximate surface area is 150 Å².